The summed E-state index contributed by atoms with van der Waals surface area (Å²) in [6.07, 6.45) is 1.93. The number of anilines is 1. The van der Waals surface area contributed by atoms with Crippen molar-refractivity contribution in [2.45, 2.75) is 20.8 Å². The van der Waals surface area contributed by atoms with Gasteiger partial charge in [-0.2, -0.15) is 0 Å². The molecule has 0 radical (unpaired) electrons. The Morgan fingerprint density at radius 3 is 2.52 bits per heavy atom. The molecule has 5 heteroatoms. The Bertz CT molecular complexity index is 639. The summed E-state index contributed by atoms with van der Waals surface area (Å²) in [6, 6.07) is 6.87. The van der Waals surface area contributed by atoms with E-state index in [0.29, 0.717) is 29.2 Å². The Kier molecular flexibility index (Phi) is 5.41. The van der Waals surface area contributed by atoms with Crippen molar-refractivity contribution in [2.75, 3.05) is 19.0 Å². The third-order valence-corrected chi connectivity index (χ3v) is 2.96. The van der Waals surface area contributed by atoms with E-state index in [1.54, 1.807) is 36.1 Å². The minimum Gasteiger partial charge on any atom is -0.507 e. The first-order valence-corrected chi connectivity index (χ1v) is 6.40. The monoisotopic (exact) mass is 287 g/mol. The average Bonchev–Trinajstić information content (AvgIpc) is 2.46. The highest BCUT2D eigenvalue weighted by atomic mass is 16.3. The second kappa shape index (κ2) is 6.83. The maximum Gasteiger partial charge on any atom is 0.167 e. The van der Waals surface area contributed by atoms with E-state index in [9.17, 15) is 9.90 Å². The number of aromatic nitrogens is 2. The van der Waals surface area contributed by atoms with Crippen molar-refractivity contribution in [1.82, 2.24) is 9.97 Å². The molecule has 5 nitrogen and oxygen atoms in total. The van der Waals surface area contributed by atoms with Gasteiger partial charge in [-0.3, -0.25) is 4.79 Å². The molecule has 0 bridgehead atoms. The SMILES string of the molecule is C.CCC(=O)c1cnc(-c2ccccc2O)nc1N(C)C. The van der Waals surface area contributed by atoms with Crippen molar-refractivity contribution in [2.24, 2.45) is 0 Å². The molecule has 0 saturated heterocycles. The number of ketones is 1. The standard InChI is InChI=1S/C15H17N3O2.CH4/c1-4-12(19)11-9-16-14(17-15(11)18(2)3)10-7-5-6-8-13(10)20;/h5-9,20H,4H2,1-3H3;1H4. The molecule has 0 saturated carbocycles. The van der Waals surface area contributed by atoms with E-state index < -0.39 is 0 Å². The number of carbonyl (C=O) groups is 1. The molecule has 0 aliphatic carbocycles. The number of carbonyl (C=O) groups excluding carboxylic acids is 1. The van der Waals surface area contributed by atoms with Gasteiger partial charge in [0.15, 0.2) is 11.6 Å². The Morgan fingerprint density at radius 2 is 1.95 bits per heavy atom. The molecule has 112 valence electrons. The predicted octanol–water partition coefficient (Wildman–Crippen LogP) is 3.14. The number of hydrogen-bond acceptors (Lipinski definition) is 5. The molecular weight excluding hydrogens is 266 g/mol. The van der Waals surface area contributed by atoms with Crippen LogP contribution in [0.5, 0.6) is 5.75 Å². The van der Waals surface area contributed by atoms with Crippen LogP contribution >= 0.6 is 0 Å². The average molecular weight is 287 g/mol. The van der Waals surface area contributed by atoms with Crippen LogP contribution in [0.1, 0.15) is 31.1 Å². The highest BCUT2D eigenvalue weighted by molar-refractivity contribution is 6.00. The molecule has 1 N–H and O–H groups in total. The zero-order chi connectivity index (χ0) is 14.7. The summed E-state index contributed by atoms with van der Waals surface area (Å²) in [5.41, 5.74) is 1.04. The summed E-state index contributed by atoms with van der Waals surface area (Å²) >= 11 is 0. The van der Waals surface area contributed by atoms with Gasteiger partial charge < -0.3 is 10.0 Å². The lowest BCUT2D eigenvalue weighted by Crippen LogP contribution is -2.16. The Balaban J connectivity index is 0.00000220. The van der Waals surface area contributed by atoms with E-state index in [4.69, 9.17) is 0 Å². The van der Waals surface area contributed by atoms with Crippen molar-refractivity contribution in [3.63, 3.8) is 0 Å². The third-order valence-electron chi connectivity index (χ3n) is 2.96. The molecule has 1 aromatic heterocycles. The Morgan fingerprint density at radius 1 is 1.29 bits per heavy atom. The minimum atomic E-state index is -0.00228. The van der Waals surface area contributed by atoms with Gasteiger partial charge in [-0.25, -0.2) is 9.97 Å². The van der Waals surface area contributed by atoms with E-state index in [2.05, 4.69) is 9.97 Å². The van der Waals surface area contributed by atoms with Crippen molar-refractivity contribution >= 4 is 11.6 Å². The predicted molar refractivity (Wildman–Crippen MR) is 84.8 cm³/mol. The summed E-state index contributed by atoms with van der Waals surface area (Å²) in [7, 11) is 3.65. The van der Waals surface area contributed by atoms with Gasteiger partial charge in [0, 0.05) is 26.7 Å². The molecule has 0 amide bonds. The number of phenols is 1. The molecule has 0 fully saturated rings. The Labute approximate surface area is 125 Å². The van der Waals surface area contributed by atoms with Gasteiger partial charge in [0.25, 0.3) is 0 Å². The smallest absolute Gasteiger partial charge is 0.167 e. The number of Topliss-reactive ketones (excluding diaryl/α,β-unsaturated/α-hetero) is 1. The van der Waals surface area contributed by atoms with Crippen LogP contribution in [0.3, 0.4) is 0 Å². The fraction of sp³-hybridized carbons (Fsp3) is 0.312. The number of hydrogen-bond donors (Lipinski definition) is 1. The number of para-hydroxylation sites is 1. The van der Waals surface area contributed by atoms with Crippen LogP contribution in [0.15, 0.2) is 30.5 Å². The molecule has 0 unspecified atom stereocenters. The normalized spacial score (nSPS) is 9.86. The molecule has 1 heterocycles. The highest BCUT2D eigenvalue weighted by Crippen LogP contribution is 2.28. The van der Waals surface area contributed by atoms with Crippen LogP contribution in [0.2, 0.25) is 0 Å². The minimum absolute atomic E-state index is 0. The topological polar surface area (TPSA) is 66.3 Å². The fourth-order valence-electron chi connectivity index (χ4n) is 1.89. The van der Waals surface area contributed by atoms with Crippen LogP contribution in [0, 0.1) is 0 Å². The highest BCUT2D eigenvalue weighted by Gasteiger charge is 2.16. The van der Waals surface area contributed by atoms with Crippen LogP contribution in [0.4, 0.5) is 5.82 Å². The first kappa shape index (κ1) is 16.6. The number of benzene rings is 1. The number of rotatable bonds is 4. The van der Waals surface area contributed by atoms with Gasteiger partial charge in [0.05, 0.1) is 11.1 Å². The number of aromatic hydroxyl groups is 1. The molecular formula is C16H21N3O2. The van der Waals surface area contributed by atoms with E-state index >= 15 is 0 Å². The molecule has 1 aromatic carbocycles. The summed E-state index contributed by atoms with van der Waals surface area (Å²) in [5, 5.41) is 9.86. The Hall–Kier alpha value is -2.43. The zero-order valence-electron chi connectivity index (χ0n) is 11.8. The van der Waals surface area contributed by atoms with Crippen molar-refractivity contribution < 1.29 is 9.90 Å². The molecule has 0 aliphatic heterocycles. The fourth-order valence-corrected chi connectivity index (χ4v) is 1.89. The first-order chi connectivity index (χ1) is 9.54. The molecule has 2 rings (SSSR count). The second-order valence-electron chi connectivity index (χ2n) is 4.62. The second-order valence-corrected chi connectivity index (χ2v) is 4.62. The van der Waals surface area contributed by atoms with Crippen LogP contribution in [-0.2, 0) is 0 Å². The van der Waals surface area contributed by atoms with E-state index in [-0.39, 0.29) is 19.0 Å². The molecule has 2 aromatic rings. The van der Waals surface area contributed by atoms with Gasteiger partial charge in [-0.15, -0.1) is 0 Å². The quantitative estimate of drug-likeness (QED) is 0.875. The number of nitrogens with zero attached hydrogens (tertiary/aromatic N) is 3. The third kappa shape index (κ3) is 3.37. The summed E-state index contributed by atoms with van der Waals surface area (Å²) < 4.78 is 0. The van der Waals surface area contributed by atoms with Crippen LogP contribution in [-0.4, -0.2) is 35.0 Å². The lowest BCUT2D eigenvalue weighted by Gasteiger charge is -2.16. The molecule has 21 heavy (non-hydrogen) atoms. The van der Waals surface area contributed by atoms with Crippen molar-refractivity contribution in [3.05, 3.63) is 36.0 Å². The largest absolute Gasteiger partial charge is 0.507 e. The molecule has 0 aliphatic rings. The van der Waals surface area contributed by atoms with E-state index in [0.717, 1.165) is 0 Å². The molecule has 0 atom stereocenters. The summed E-state index contributed by atoms with van der Waals surface area (Å²) in [5.74, 6) is 1.08. The lowest BCUT2D eigenvalue weighted by atomic mass is 10.1. The van der Waals surface area contributed by atoms with Crippen LogP contribution < -0.4 is 4.90 Å². The van der Waals surface area contributed by atoms with Crippen molar-refractivity contribution in [1.29, 1.82) is 0 Å². The summed E-state index contributed by atoms with van der Waals surface area (Å²) in [6.45, 7) is 1.80. The van der Waals surface area contributed by atoms with Crippen LogP contribution in [0.25, 0.3) is 11.4 Å². The van der Waals surface area contributed by atoms with Gasteiger partial charge in [-0.05, 0) is 12.1 Å². The van der Waals surface area contributed by atoms with Gasteiger partial charge in [0.2, 0.25) is 0 Å². The van der Waals surface area contributed by atoms with E-state index in [1.807, 2.05) is 14.1 Å². The van der Waals surface area contributed by atoms with Gasteiger partial charge in [-0.1, -0.05) is 26.5 Å². The summed E-state index contributed by atoms with van der Waals surface area (Å²) in [4.78, 5) is 22.3. The molecule has 0 spiro atoms. The maximum atomic E-state index is 11.9. The van der Waals surface area contributed by atoms with Gasteiger partial charge >= 0.3 is 0 Å². The van der Waals surface area contributed by atoms with E-state index in [1.165, 1.54) is 6.20 Å². The lowest BCUT2D eigenvalue weighted by molar-refractivity contribution is 0.0988. The van der Waals surface area contributed by atoms with Crippen molar-refractivity contribution in [3.8, 4) is 17.1 Å². The zero-order valence-corrected chi connectivity index (χ0v) is 11.8. The maximum absolute atomic E-state index is 11.9. The number of phenolic OH excluding ortho intramolecular Hbond substituents is 1. The van der Waals surface area contributed by atoms with Gasteiger partial charge in [0.1, 0.15) is 11.6 Å². The first-order valence-electron chi connectivity index (χ1n) is 6.40.